The van der Waals surface area contributed by atoms with Gasteiger partial charge in [0.2, 0.25) is 5.91 Å². The van der Waals surface area contributed by atoms with Crippen LogP contribution >= 0.6 is 0 Å². The van der Waals surface area contributed by atoms with E-state index < -0.39 is 0 Å². The molecule has 0 aliphatic carbocycles. The second-order valence-electron chi connectivity index (χ2n) is 9.48. The van der Waals surface area contributed by atoms with Crippen LogP contribution in [0, 0.1) is 34.6 Å². The summed E-state index contributed by atoms with van der Waals surface area (Å²) >= 11 is 0. The molecule has 3 aromatic carbocycles. The second kappa shape index (κ2) is 8.18. The van der Waals surface area contributed by atoms with E-state index in [2.05, 4.69) is 69.5 Å². The first kappa shape index (κ1) is 21.4. The zero-order valence-corrected chi connectivity index (χ0v) is 20.1. The maximum atomic E-state index is 13.1. The molecule has 0 unspecified atom stereocenters. The van der Waals surface area contributed by atoms with Crippen LogP contribution in [0.25, 0.3) is 11.0 Å². The van der Waals surface area contributed by atoms with Crippen LogP contribution in [0.2, 0.25) is 0 Å². The fraction of sp³-hybridized carbons (Fsp3) is 0.310. The van der Waals surface area contributed by atoms with E-state index in [-0.39, 0.29) is 11.8 Å². The lowest BCUT2D eigenvalue weighted by molar-refractivity contribution is -0.117. The van der Waals surface area contributed by atoms with Crippen LogP contribution in [0.3, 0.4) is 0 Å². The van der Waals surface area contributed by atoms with Crippen LogP contribution < -0.4 is 4.90 Å². The number of para-hydroxylation sites is 3. The predicted molar refractivity (Wildman–Crippen MR) is 135 cm³/mol. The van der Waals surface area contributed by atoms with Crippen molar-refractivity contribution >= 4 is 22.6 Å². The summed E-state index contributed by atoms with van der Waals surface area (Å²) in [6, 6.07) is 18.7. The van der Waals surface area contributed by atoms with Crippen molar-refractivity contribution < 1.29 is 4.79 Å². The topological polar surface area (TPSA) is 38.1 Å². The van der Waals surface area contributed by atoms with Crippen molar-refractivity contribution in [1.82, 2.24) is 9.55 Å². The van der Waals surface area contributed by atoms with Crippen molar-refractivity contribution in [1.29, 1.82) is 0 Å². The highest BCUT2D eigenvalue weighted by Gasteiger charge is 2.35. The summed E-state index contributed by atoms with van der Waals surface area (Å²) in [5, 5.41) is 0. The van der Waals surface area contributed by atoms with Crippen LogP contribution in [0.4, 0.5) is 5.69 Å². The average molecular weight is 438 g/mol. The molecule has 4 nitrogen and oxygen atoms in total. The average Bonchev–Trinajstić information content (AvgIpc) is 3.36. The maximum Gasteiger partial charge on any atom is 0.227 e. The molecule has 1 amide bonds. The fourth-order valence-electron chi connectivity index (χ4n) is 5.25. The predicted octanol–water partition coefficient (Wildman–Crippen LogP) is 6.15. The third-order valence-corrected chi connectivity index (χ3v) is 7.42. The van der Waals surface area contributed by atoms with E-state index in [9.17, 15) is 4.79 Å². The molecule has 0 radical (unpaired) electrons. The number of anilines is 1. The summed E-state index contributed by atoms with van der Waals surface area (Å²) in [5.41, 5.74) is 10.9. The second-order valence-corrected chi connectivity index (χ2v) is 9.48. The minimum atomic E-state index is 0.0658. The number of carbonyl (C=O) groups is 1. The molecule has 0 saturated carbocycles. The molecule has 168 valence electrons. The summed E-state index contributed by atoms with van der Waals surface area (Å²) in [4.78, 5) is 20.1. The Morgan fingerprint density at radius 3 is 2.27 bits per heavy atom. The van der Waals surface area contributed by atoms with Crippen molar-refractivity contribution in [3.05, 3.63) is 93.8 Å². The first-order valence-electron chi connectivity index (χ1n) is 11.7. The number of benzene rings is 3. The SMILES string of the molecule is Cc1ccccc1N1C[C@@H](c2nc3ccccc3n2Cc2c(C)c(C)cc(C)c2C)CC1=O. The number of rotatable bonds is 4. The lowest BCUT2D eigenvalue weighted by Gasteiger charge is -2.20. The van der Waals surface area contributed by atoms with E-state index in [0.29, 0.717) is 13.0 Å². The lowest BCUT2D eigenvalue weighted by atomic mass is 9.94. The Labute approximate surface area is 195 Å². The molecule has 2 heterocycles. The first-order chi connectivity index (χ1) is 15.8. The molecule has 4 aromatic rings. The number of nitrogens with zero attached hydrogens (tertiary/aromatic N) is 3. The quantitative estimate of drug-likeness (QED) is 0.384. The van der Waals surface area contributed by atoms with Gasteiger partial charge in [-0.2, -0.15) is 0 Å². The minimum Gasteiger partial charge on any atom is -0.323 e. The molecule has 33 heavy (non-hydrogen) atoms. The van der Waals surface area contributed by atoms with Gasteiger partial charge in [-0.05, 0) is 86.2 Å². The highest BCUT2D eigenvalue weighted by atomic mass is 16.2. The van der Waals surface area contributed by atoms with Gasteiger partial charge in [-0.3, -0.25) is 4.79 Å². The molecule has 1 atom stereocenters. The molecule has 1 fully saturated rings. The van der Waals surface area contributed by atoms with Gasteiger partial charge >= 0.3 is 0 Å². The van der Waals surface area contributed by atoms with Gasteiger partial charge in [-0.1, -0.05) is 36.4 Å². The number of fused-ring (bicyclic) bond motifs is 1. The summed E-state index contributed by atoms with van der Waals surface area (Å²) in [6.45, 7) is 12.3. The molecule has 1 aromatic heterocycles. The number of hydrogen-bond donors (Lipinski definition) is 0. The Balaban J connectivity index is 1.59. The number of hydrogen-bond acceptors (Lipinski definition) is 2. The van der Waals surface area contributed by atoms with Crippen LogP contribution in [-0.4, -0.2) is 22.0 Å². The van der Waals surface area contributed by atoms with E-state index in [1.165, 1.54) is 27.8 Å². The molecule has 0 bridgehead atoms. The van der Waals surface area contributed by atoms with Crippen LogP contribution in [0.15, 0.2) is 54.6 Å². The van der Waals surface area contributed by atoms with Crippen molar-refractivity contribution in [3.63, 3.8) is 0 Å². The van der Waals surface area contributed by atoms with Gasteiger partial charge in [-0.15, -0.1) is 0 Å². The Kier molecular flexibility index (Phi) is 5.32. The van der Waals surface area contributed by atoms with Crippen LogP contribution in [0.1, 0.15) is 51.5 Å². The number of aromatic nitrogens is 2. The fourth-order valence-corrected chi connectivity index (χ4v) is 5.25. The molecule has 1 aliphatic rings. The summed E-state index contributed by atoms with van der Waals surface area (Å²) in [6.07, 6.45) is 0.489. The number of imidazole rings is 1. The van der Waals surface area contributed by atoms with Gasteiger partial charge in [0.1, 0.15) is 5.82 Å². The van der Waals surface area contributed by atoms with E-state index in [0.717, 1.165) is 34.7 Å². The van der Waals surface area contributed by atoms with Crippen molar-refractivity contribution in [2.75, 3.05) is 11.4 Å². The summed E-state index contributed by atoms with van der Waals surface area (Å²) in [5.74, 6) is 1.25. The molecule has 1 saturated heterocycles. The minimum absolute atomic E-state index is 0.0658. The monoisotopic (exact) mass is 437 g/mol. The highest BCUT2D eigenvalue weighted by Crippen LogP contribution is 2.35. The summed E-state index contributed by atoms with van der Waals surface area (Å²) < 4.78 is 2.35. The zero-order valence-electron chi connectivity index (χ0n) is 20.1. The molecular weight excluding hydrogens is 406 g/mol. The third-order valence-electron chi connectivity index (χ3n) is 7.42. The molecule has 0 N–H and O–H groups in total. The van der Waals surface area contributed by atoms with E-state index in [1.807, 2.05) is 29.2 Å². The number of aryl methyl sites for hydroxylation is 3. The van der Waals surface area contributed by atoms with Crippen LogP contribution in [0.5, 0.6) is 0 Å². The Morgan fingerprint density at radius 2 is 1.55 bits per heavy atom. The number of carbonyl (C=O) groups excluding carboxylic acids is 1. The Hall–Kier alpha value is -3.40. The van der Waals surface area contributed by atoms with Crippen molar-refractivity contribution in [2.45, 2.75) is 53.5 Å². The van der Waals surface area contributed by atoms with Gasteiger partial charge in [0.05, 0.1) is 11.0 Å². The van der Waals surface area contributed by atoms with Gasteiger partial charge in [0.15, 0.2) is 0 Å². The largest absolute Gasteiger partial charge is 0.323 e. The Bertz CT molecular complexity index is 1360. The van der Waals surface area contributed by atoms with E-state index in [4.69, 9.17) is 4.98 Å². The lowest BCUT2D eigenvalue weighted by Crippen LogP contribution is -2.25. The van der Waals surface area contributed by atoms with E-state index in [1.54, 1.807) is 0 Å². The smallest absolute Gasteiger partial charge is 0.227 e. The maximum absolute atomic E-state index is 13.1. The normalized spacial score (nSPS) is 16.2. The molecule has 4 heteroatoms. The molecule has 1 aliphatic heterocycles. The van der Waals surface area contributed by atoms with Gasteiger partial charge in [0.25, 0.3) is 0 Å². The number of amides is 1. The standard InChI is InChI=1S/C29H31N3O/c1-18-10-6-8-12-26(18)31-16-23(15-28(31)33)29-30-25-11-7-9-13-27(25)32(29)17-24-21(4)19(2)14-20(3)22(24)5/h6-14,23H,15-17H2,1-5H3/t23-/m0/s1. The molecule has 0 spiro atoms. The summed E-state index contributed by atoms with van der Waals surface area (Å²) in [7, 11) is 0. The van der Waals surface area contributed by atoms with Crippen molar-refractivity contribution in [2.24, 2.45) is 0 Å². The Morgan fingerprint density at radius 1 is 0.879 bits per heavy atom. The van der Waals surface area contributed by atoms with Gasteiger partial charge < -0.3 is 9.47 Å². The van der Waals surface area contributed by atoms with Crippen LogP contribution in [-0.2, 0) is 11.3 Å². The zero-order chi connectivity index (χ0) is 23.3. The molecular formula is C29H31N3O. The van der Waals surface area contributed by atoms with Gasteiger partial charge in [-0.25, -0.2) is 4.98 Å². The van der Waals surface area contributed by atoms with Gasteiger partial charge in [0, 0.05) is 31.1 Å². The third kappa shape index (κ3) is 3.64. The molecule has 5 rings (SSSR count). The highest BCUT2D eigenvalue weighted by molar-refractivity contribution is 5.97. The van der Waals surface area contributed by atoms with E-state index >= 15 is 0 Å². The van der Waals surface area contributed by atoms with Crippen molar-refractivity contribution in [3.8, 4) is 0 Å². The first-order valence-corrected chi connectivity index (χ1v) is 11.7.